The van der Waals surface area contributed by atoms with Crippen LogP contribution in [0.4, 0.5) is 0 Å². The minimum atomic E-state index is 0. The van der Waals surface area contributed by atoms with Gasteiger partial charge in [0.05, 0.1) is 10.0 Å². The van der Waals surface area contributed by atoms with Crippen LogP contribution in [0.5, 0.6) is 0 Å². The summed E-state index contributed by atoms with van der Waals surface area (Å²) in [4.78, 5) is 2.46. The average molecular weight is 324 g/mol. The first-order valence-electron chi connectivity index (χ1n) is 6.34. The highest BCUT2D eigenvalue weighted by Gasteiger charge is 2.34. The minimum absolute atomic E-state index is 0. The SMILES string of the molecule is CC(c1ccc(Cl)c(Cl)c1)N1CCC(C)(CN)C1.Cl. The predicted molar refractivity (Wildman–Crippen MR) is 85.5 cm³/mol. The van der Waals surface area contributed by atoms with E-state index >= 15 is 0 Å². The first-order valence-corrected chi connectivity index (χ1v) is 7.10. The Morgan fingerprint density at radius 2 is 2.05 bits per heavy atom. The van der Waals surface area contributed by atoms with Gasteiger partial charge in [0.25, 0.3) is 0 Å². The second-order valence-corrected chi connectivity index (χ2v) is 6.40. The van der Waals surface area contributed by atoms with Gasteiger partial charge in [0.1, 0.15) is 0 Å². The topological polar surface area (TPSA) is 29.3 Å². The molecule has 1 aliphatic heterocycles. The zero-order chi connectivity index (χ0) is 13.3. The number of hydrogen-bond donors (Lipinski definition) is 1. The van der Waals surface area contributed by atoms with Crippen LogP contribution < -0.4 is 5.73 Å². The second kappa shape index (κ2) is 6.64. The van der Waals surface area contributed by atoms with E-state index in [-0.39, 0.29) is 17.8 Å². The number of halogens is 3. The van der Waals surface area contributed by atoms with E-state index < -0.39 is 0 Å². The lowest BCUT2D eigenvalue weighted by Gasteiger charge is -2.27. The Morgan fingerprint density at radius 1 is 1.37 bits per heavy atom. The summed E-state index contributed by atoms with van der Waals surface area (Å²) in [6, 6.07) is 6.24. The fourth-order valence-corrected chi connectivity index (χ4v) is 2.85. The van der Waals surface area contributed by atoms with E-state index in [2.05, 4.69) is 24.8 Å². The molecule has 2 N–H and O–H groups in total. The monoisotopic (exact) mass is 322 g/mol. The largest absolute Gasteiger partial charge is 0.330 e. The Labute approximate surface area is 131 Å². The molecule has 1 fully saturated rings. The average Bonchev–Trinajstić information content (AvgIpc) is 2.75. The van der Waals surface area contributed by atoms with Crippen molar-refractivity contribution in [3.8, 4) is 0 Å². The van der Waals surface area contributed by atoms with Crippen LogP contribution in [-0.2, 0) is 0 Å². The molecule has 1 saturated heterocycles. The quantitative estimate of drug-likeness (QED) is 0.905. The standard InChI is InChI=1S/C14H20Cl2N2.ClH/c1-10(11-3-4-12(15)13(16)7-11)18-6-5-14(2,8-17)9-18;/h3-4,7,10H,5-6,8-9,17H2,1-2H3;1H. The molecule has 1 aromatic carbocycles. The summed E-state index contributed by atoms with van der Waals surface area (Å²) in [6.45, 7) is 7.36. The van der Waals surface area contributed by atoms with Crippen LogP contribution in [0.15, 0.2) is 18.2 Å². The smallest absolute Gasteiger partial charge is 0.0595 e. The van der Waals surface area contributed by atoms with E-state index in [9.17, 15) is 0 Å². The molecule has 19 heavy (non-hydrogen) atoms. The van der Waals surface area contributed by atoms with E-state index in [1.54, 1.807) is 0 Å². The van der Waals surface area contributed by atoms with Crippen molar-refractivity contribution in [3.63, 3.8) is 0 Å². The first-order chi connectivity index (χ1) is 8.45. The van der Waals surface area contributed by atoms with Crippen LogP contribution in [0, 0.1) is 5.41 Å². The molecule has 1 aliphatic rings. The van der Waals surface area contributed by atoms with Crippen molar-refractivity contribution in [2.45, 2.75) is 26.3 Å². The highest BCUT2D eigenvalue weighted by Crippen LogP contribution is 2.35. The summed E-state index contributed by atoms with van der Waals surface area (Å²) in [7, 11) is 0. The molecule has 2 rings (SSSR count). The molecule has 0 aromatic heterocycles. The zero-order valence-electron chi connectivity index (χ0n) is 11.3. The van der Waals surface area contributed by atoms with Crippen molar-refractivity contribution >= 4 is 35.6 Å². The molecule has 2 unspecified atom stereocenters. The molecule has 5 heteroatoms. The summed E-state index contributed by atoms with van der Waals surface area (Å²) in [5, 5.41) is 1.24. The van der Waals surface area contributed by atoms with Crippen LogP contribution in [0.3, 0.4) is 0 Å². The molecule has 0 bridgehead atoms. The highest BCUT2D eigenvalue weighted by atomic mass is 35.5. The van der Waals surface area contributed by atoms with Crippen LogP contribution in [0.2, 0.25) is 10.0 Å². The Kier molecular flexibility index (Phi) is 5.96. The van der Waals surface area contributed by atoms with Crippen molar-refractivity contribution in [2.24, 2.45) is 11.1 Å². The minimum Gasteiger partial charge on any atom is -0.330 e. The number of nitrogens with two attached hydrogens (primary N) is 1. The van der Waals surface area contributed by atoms with Crippen molar-refractivity contribution in [3.05, 3.63) is 33.8 Å². The fraction of sp³-hybridized carbons (Fsp3) is 0.571. The zero-order valence-corrected chi connectivity index (χ0v) is 13.7. The molecular formula is C14H21Cl3N2. The van der Waals surface area contributed by atoms with E-state index in [1.807, 2.05) is 12.1 Å². The van der Waals surface area contributed by atoms with Gasteiger partial charge >= 0.3 is 0 Å². The van der Waals surface area contributed by atoms with Gasteiger partial charge in [-0.15, -0.1) is 12.4 Å². The number of benzene rings is 1. The molecule has 0 amide bonds. The number of hydrogen-bond acceptors (Lipinski definition) is 2. The van der Waals surface area contributed by atoms with Crippen molar-refractivity contribution < 1.29 is 0 Å². The van der Waals surface area contributed by atoms with Gasteiger partial charge in [-0.25, -0.2) is 0 Å². The van der Waals surface area contributed by atoms with Gasteiger partial charge < -0.3 is 5.73 Å². The molecule has 2 nitrogen and oxygen atoms in total. The van der Waals surface area contributed by atoms with Gasteiger partial charge in [-0.2, -0.15) is 0 Å². The van der Waals surface area contributed by atoms with Crippen molar-refractivity contribution in [2.75, 3.05) is 19.6 Å². The van der Waals surface area contributed by atoms with Gasteiger partial charge in [0, 0.05) is 12.6 Å². The normalized spacial score (nSPS) is 25.1. The molecule has 2 atom stereocenters. The molecule has 108 valence electrons. The van der Waals surface area contributed by atoms with Gasteiger partial charge in [0.2, 0.25) is 0 Å². The highest BCUT2D eigenvalue weighted by molar-refractivity contribution is 6.42. The molecule has 0 radical (unpaired) electrons. The van der Waals surface area contributed by atoms with E-state index in [4.69, 9.17) is 28.9 Å². The maximum atomic E-state index is 6.08. The molecule has 0 aliphatic carbocycles. The third-order valence-corrected chi connectivity index (χ3v) is 4.79. The molecule has 0 spiro atoms. The lowest BCUT2D eigenvalue weighted by Crippen LogP contribution is -2.32. The lowest BCUT2D eigenvalue weighted by molar-refractivity contribution is 0.227. The maximum Gasteiger partial charge on any atom is 0.0595 e. The van der Waals surface area contributed by atoms with Crippen LogP contribution in [0.1, 0.15) is 31.9 Å². The third-order valence-electron chi connectivity index (χ3n) is 4.05. The van der Waals surface area contributed by atoms with E-state index in [0.29, 0.717) is 16.1 Å². The molecular weight excluding hydrogens is 303 g/mol. The van der Waals surface area contributed by atoms with E-state index in [0.717, 1.165) is 26.1 Å². The summed E-state index contributed by atoms with van der Waals surface area (Å²) >= 11 is 12.0. The van der Waals surface area contributed by atoms with Crippen molar-refractivity contribution in [1.82, 2.24) is 4.90 Å². The maximum absolute atomic E-state index is 6.08. The number of likely N-dealkylation sites (tertiary alicyclic amines) is 1. The van der Waals surface area contributed by atoms with Gasteiger partial charge in [0.15, 0.2) is 0 Å². The lowest BCUT2D eigenvalue weighted by atomic mass is 9.90. The van der Waals surface area contributed by atoms with E-state index in [1.165, 1.54) is 5.56 Å². The second-order valence-electron chi connectivity index (χ2n) is 5.58. The van der Waals surface area contributed by atoms with Gasteiger partial charge in [-0.3, -0.25) is 4.90 Å². The van der Waals surface area contributed by atoms with Gasteiger partial charge in [-0.1, -0.05) is 36.2 Å². The number of rotatable bonds is 3. The predicted octanol–water partition coefficient (Wildman–Crippen LogP) is 4.15. The van der Waals surface area contributed by atoms with Crippen molar-refractivity contribution in [1.29, 1.82) is 0 Å². The molecule has 1 heterocycles. The van der Waals surface area contributed by atoms with Crippen LogP contribution in [-0.4, -0.2) is 24.5 Å². The summed E-state index contributed by atoms with van der Waals surface area (Å²) in [5.74, 6) is 0. The molecule has 1 aromatic rings. The van der Waals surface area contributed by atoms with Crippen LogP contribution >= 0.6 is 35.6 Å². The van der Waals surface area contributed by atoms with Crippen LogP contribution in [0.25, 0.3) is 0 Å². The van der Waals surface area contributed by atoms with Gasteiger partial charge in [-0.05, 0) is 49.5 Å². The summed E-state index contributed by atoms with van der Waals surface area (Å²) in [5.41, 5.74) is 7.32. The Morgan fingerprint density at radius 3 is 2.58 bits per heavy atom. The third kappa shape index (κ3) is 3.77. The summed E-state index contributed by atoms with van der Waals surface area (Å²) in [6.07, 6.45) is 1.16. The summed E-state index contributed by atoms with van der Waals surface area (Å²) < 4.78 is 0. The Bertz CT molecular complexity index is 439. The fourth-order valence-electron chi connectivity index (χ4n) is 2.54. The molecule has 0 saturated carbocycles. The number of nitrogens with zero attached hydrogens (tertiary/aromatic N) is 1. The Balaban J connectivity index is 0.00000180. The first kappa shape index (κ1) is 17.1. The Hall–Kier alpha value is 0.01000.